The van der Waals surface area contributed by atoms with Crippen LogP contribution in [0.1, 0.15) is 20.3 Å². The maximum Gasteiger partial charge on any atom is 0.146 e. The number of nitrogen functional groups attached to an aromatic ring is 1. The first-order valence-electron chi connectivity index (χ1n) is 5.17. The van der Waals surface area contributed by atoms with E-state index in [0.717, 1.165) is 12.1 Å². The molecule has 2 atom stereocenters. The number of nitrogens with one attached hydrogen (secondary N) is 1. The molecule has 1 aromatic rings. The normalized spacial score (nSPS) is 28.2. The predicted molar refractivity (Wildman–Crippen MR) is 60.5 cm³/mol. The Balaban J connectivity index is 2.08. The van der Waals surface area contributed by atoms with Crippen LogP contribution < -0.4 is 11.1 Å². The van der Waals surface area contributed by atoms with Crippen molar-refractivity contribution in [2.24, 2.45) is 5.41 Å². The van der Waals surface area contributed by atoms with Crippen molar-refractivity contribution in [3.05, 3.63) is 18.3 Å². The van der Waals surface area contributed by atoms with E-state index in [0.29, 0.717) is 5.82 Å². The van der Waals surface area contributed by atoms with Gasteiger partial charge in [-0.3, -0.25) is 0 Å². The number of aliphatic hydroxyl groups is 1. The molecule has 0 radical (unpaired) electrons. The van der Waals surface area contributed by atoms with Crippen molar-refractivity contribution in [2.75, 3.05) is 11.1 Å². The van der Waals surface area contributed by atoms with E-state index in [1.807, 2.05) is 26.0 Å². The standard InChI is InChI=1S/C11H17N3O/c1-11(2)8(6-9(11)15)14-7-4-3-5-13-10(7)12/h3-5,8-9,14-15H,6H2,1-2H3,(H2,12,13). The molecule has 1 aliphatic carbocycles. The molecule has 2 unspecified atom stereocenters. The Kier molecular flexibility index (Phi) is 2.31. The van der Waals surface area contributed by atoms with Gasteiger partial charge in [-0.1, -0.05) is 13.8 Å². The van der Waals surface area contributed by atoms with Crippen LogP contribution in [0.4, 0.5) is 11.5 Å². The van der Waals surface area contributed by atoms with Crippen molar-refractivity contribution < 1.29 is 5.11 Å². The minimum Gasteiger partial charge on any atom is -0.392 e. The van der Waals surface area contributed by atoms with Crippen LogP contribution in [-0.4, -0.2) is 22.2 Å². The van der Waals surface area contributed by atoms with E-state index >= 15 is 0 Å². The number of nitrogens with zero attached hydrogens (tertiary/aromatic N) is 1. The van der Waals surface area contributed by atoms with Crippen LogP contribution in [0.5, 0.6) is 0 Å². The number of aliphatic hydroxyl groups excluding tert-OH is 1. The molecular formula is C11H17N3O. The van der Waals surface area contributed by atoms with Gasteiger partial charge in [0.1, 0.15) is 5.82 Å². The molecule has 15 heavy (non-hydrogen) atoms. The molecule has 0 aromatic carbocycles. The molecule has 2 rings (SSSR count). The summed E-state index contributed by atoms with van der Waals surface area (Å²) in [6, 6.07) is 4.02. The largest absolute Gasteiger partial charge is 0.392 e. The average Bonchev–Trinajstić information content (AvgIpc) is 2.20. The number of hydrogen-bond acceptors (Lipinski definition) is 4. The van der Waals surface area contributed by atoms with Crippen LogP contribution in [0, 0.1) is 5.41 Å². The first kappa shape index (κ1) is 10.2. The van der Waals surface area contributed by atoms with Gasteiger partial charge in [0, 0.05) is 17.7 Å². The van der Waals surface area contributed by atoms with E-state index in [9.17, 15) is 5.11 Å². The van der Waals surface area contributed by atoms with Crippen LogP contribution in [-0.2, 0) is 0 Å². The summed E-state index contributed by atoms with van der Waals surface area (Å²) in [5, 5.41) is 12.9. The van der Waals surface area contributed by atoms with Gasteiger partial charge in [0.15, 0.2) is 0 Å². The second kappa shape index (κ2) is 3.38. The second-order valence-corrected chi connectivity index (χ2v) is 4.71. The maximum atomic E-state index is 9.61. The Bertz CT molecular complexity index is 365. The summed E-state index contributed by atoms with van der Waals surface area (Å²) in [6.07, 6.45) is 2.20. The maximum absolute atomic E-state index is 9.61. The topological polar surface area (TPSA) is 71.2 Å². The van der Waals surface area contributed by atoms with Crippen LogP contribution >= 0.6 is 0 Å². The molecule has 1 aliphatic rings. The Morgan fingerprint density at radius 1 is 1.60 bits per heavy atom. The molecule has 0 amide bonds. The molecule has 0 aliphatic heterocycles. The highest BCUT2D eigenvalue weighted by Crippen LogP contribution is 2.42. The first-order chi connectivity index (χ1) is 7.01. The van der Waals surface area contributed by atoms with Crippen LogP contribution in [0.15, 0.2) is 18.3 Å². The lowest BCUT2D eigenvalue weighted by atomic mass is 9.64. The Hall–Kier alpha value is -1.29. The van der Waals surface area contributed by atoms with Gasteiger partial charge in [0.2, 0.25) is 0 Å². The fraction of sp³-hybridized carbons (Fsp3) is 0.545. The monoisotopic (exact) mass is 207 g/mol. The van der Waals surface area contributed by atoms with E-state index in [4.69, 9.17) is 5.73 Å². The molecule has 1 heterocycles. The van der Waals surface area contributed by atoms with Crippen molar-refractivity contribution in [1.82, 2.24) is 4.98 Å². The quantitative estimate of drug-likeness (QED) is 0.682. The number of anilines is 2. The van der Waals surface area contributed by atoms with Crippen LogP contribution in [0.2, 0.25) is 0 Å². The Labute approximate surface area is 89.5 Å². The molecule has 82 valence electrons. The molecule has 1 fully saturated rings. The molecule has 1 aromatic heterocycles. The van der Waals surface area contributed by atoms with E-state index in [1.165, 1.54) is 0 Å². The summed E-state index contributed by atoms with van der Waals surface area (Å²) in [7, 11) is 0. The fourth-order valence-corrected chi connectivity index (χ4v) is 1.87. The molecule has 4 heteroatoms. The fourth-order valence-electron chi connectivity index (χ4n) is 1.87. The average molecular weight is 207 g/mol. The highest BCUT2D eigenvalue weighted by atomic mass is 16.3. The van der Waals surface area contributed by atoms with E-state index in [-0.39, 0.29) is 17.6 Å². The van der Waals surface area contributed by atoms with Crippen molar-refractivity contribution in [2.45, 2.75) is 32.4 Å². The van der Waals surface area contributed by atoms with E-state index < -0.39 is 0 Å². The zero-order valence-electron chi connectivity index (χ0n) is 9.07. The minimum absolute atomic E-state index is 0.0950. The van der Waals surface area contributed by atoms with Crippen molar-refractivity contribution in [3.63, 3.8) is 0 Å². The first-order valence-corrected chi connectivity index (χ1v) is 5.17. The molecule has 4 N–H and O–H groups in total. The van der Waals surface area contributed by atoms with Gasteiger partial charge in [-0.2, -0.15) is 0 Å². The molecule has 0 bridgehead atoms. The van der Waals surface area contributed by atoms with Gasteiger partial charge in [-0.25, -0.2) is 4.98 Å². The highest BCUT2D eigenvalue weighted by molar-refractivity contribution is 5.61. The van der Waals surface area contributed by atoms with Crippen LogP contribution in [0.25, 0.3) is 0 Å². The zero-order valence-corrected chi connectivity index (χ0v) is 9.07. The number of nitrogens with two attached hydrogens (primary N) is 1. The van der Waals surface area contributed by atoms with Gasteiger partial charge >= 0.3 is 0 Å². The van der Waals surface area contributed by atoms with E-state index in [2.05, 4.69) is 10.3 Å². The molecule has 4 nitrogen and oxygen atoms in total. The third-order valence-corrected chi connectivity index (χ3v) is 3.38. The number of pyridine rings is 1. The molecule has 0 saturated heterocycles. The third-order valence-electron chi connectivity index (χ3n) is 3.38. The minimum atomic E-state index is -0.229. The summed E-state index contributed by atoms with van der Waals surface area (Å²) in [5.74, 6) is 0.509. The number of aromatic nitrogens is 1. The van der Waals surface area contributed by atoms with E-state index in [1.54, 1.807) is 6.20 Å². The van der Waals surface area contributed by atoms with Crippen molar-refractivity contribution in [3.8, 4) is 0 Å². The second-order valence-electron chi connectivity index (χ2n) is 4.71. The van der Waals surface area contributed by atoms with Gasteiger partial charge in [-0.15, -0.1) is 0 Å². The Morgan fingerprint density at radius 3 is 2.87 bits per heavy atom. The van der Waals surface area contributed by atoms with Gasteiger partial charge in [0.05, 0.1) is 11.8 Å². The lowest BCUT2D eigenvalue weighted by Gasteiger charge is -2.49. The summed E-state index contributed by atoms with van der Waals surface area (Å²) in [5.41, 5.74) is 6.49. The molecule has 0 spiro atoms. The number of rotatable bonds is 2. The SMILES string of the molecule is CC1(C)C(O)CC1Nc1cccnc1N. The summed E-state index contributed by atoms with van der Waals surface area (Å²) >= 11 is 0. The predicted octanol–water partition coefficient (Wildman–Crippen LogP) is 1.24. The Morgan fingerprint density at radius 2 is 2.33 bits per heavy atom. The third kappa shape index (κ3) is 1.65. The lowest BCUT2D eigenvalue weighted by molar-refractivity contribution is -0.0510. The molecular weight excluding hydrogens is 190 g/mol. The zero-order chi connectivity index (χ0) is 11.1. The molecule has 1 saturated carbocycles. The van der Waals surface area contributed by atoms with Crippen molar-refractivity contribution in [1.29, 1.82) is 0 Å². The lowest BCUT2D eigenvalue weighted by Crippen LogP contribution is -2.56. The summed E-state index contributed by atoms with van der Waals surface area (Å²) in [6.45, 7) is 4.09. The van der Waals surface area contributed by atoms with Crippen molar-refractivity contribution >= 4 is 11.5 Å². The summed E-state index contributed by atoms with van der Waals surface area (Å²) in [4.78, 5) is 4.01. The summed E-state index contributed by atoms with van der Waals surface area (Å²) < 4.78 is 0. The van der Waals surface area contributed by atoms with Crippen LogP contribution in [0.3, 0.4) is 0 Å². The van der Waals surface area contributed by atoms with Gasteiger partial charge in [0.25, 0.3) is 0 Å². The highest BCUT2D eigenvalue weighted by Gasteiger charge is 2.47. The number of hydrogen-bond donors (Lipinski definition) is 3. The van der Waals surface area contributed by atoms with Gasteiger partial charge < -0.3 is 16.2 Å². The smallest absolute Gasteiger partial charge is 0.146 e. The van der Waals surface area contributed by atoms with Gasteiger partial charge in [-0.05, 0) is 18.6 Å².